The Morgan fingerprint density at radius 2 is 1.33 bits per heavy atom. The standard InChI is InChI=1S/C18H28N4O5/c1-10(15(25)19-9-18(4,5)6)20-16(26)11(2)21-17(27)12(3)22-13(23)7-8-14(22)24/h7-8,10-12H,9H2,1-6H3,(H,19,25)(H,20,26)(H,21,27). The van der Waals surface area contributed by atoms with Crippen molar-refractivity contribution in [2.24, 2.45) is 5.41 Å². The lowest BCUT2D eigenvalue weighted by Gasteiger charge is -2.24. The van der Waals surface area contributed by atoms with Crippen molar-refractivity contribution in [1.29, 1.82) is 0 Å². The molecule has 0 radical (unpaired) electrons. The van der Waals surface area contributed by atoms with Gasteiger partial charge in [0.05, 0.1) is 0 Å². The molecule has 1 aliphatic rings. The van der Waals surface area contributed by atoms with Crippen LogP contribution in [-0.4, -0.2) is 59.1 Å². The van der Waals surface area contributed by atoms with Crippen molar-refractivity contribution in [1.82, 2.24) is 20.9 Å². The van der Waals surface area contributed by atoms with Gasteiger partial charge in [0.15, 0.2) is 0 Å². The van der Waals surface area contributed by atoms with Crippen LogP contribution in [0.3, 0.4) is 0 Å². The van der Waals surface area contributed by atoms with Crippen LogP contribution in [0, 0.1) is 5.41 Å². The third kappa shape index (κ3) is 6.50. The molecule has 27 heavy (non-hydrogen) atoms. The molecular formula is C18H28N4O5. The third-order valence-corrected chi connectivity index (χ3v) is 3.91. The van der Waals surface area contributed by atoms with Gasteiger partial charge in [0.1, 0.15) is 18.1 Å². The van der Waals surface area contributed by atoms with E-state index in [0.717, 1.165) is 17.1 Å². The van der Waals surface area contributed by atoms with Gasteiger partial charge in [0.25, 0.3) is 11.8 Å². The topological polar surface area (TPSA) is 125 Å². The summed E-state index contributed by atoms with van der Waals surface area (Å²) in [4.78, 5) is 60.5. The van der Waals surface area contributed by atoms with Crippen LogP contribution in [0.2, 0.25) is 0 Å². The second-order valence-corrected chi connectivity index (χ2v) is 7.79. The van der Waals surface area contributed by atoms with Crippen molar-refractivity contribution >= 4 is 29.5 Å². The molecule has 1 rings (SSSR count). The van der Waals surface area contributed by atoms with Gasteiger partial charge in [0, 0.05) is 18.7 Å². The van der Waals surface area contributed by atoms with Crippen molar-refractivity contribution in [3.05, 3.63) is 12.2 Å². The average Bonchev–Trinajstić information content (AvgIpc) is 2.89. The molecule has 1 aliphatic heterocycles. The van der Waals surface area contributed by atoms with E-state index in [9.17, 15) is 24.0 Å². The number of nitrogens with one attached hydrogen (secondary N) is 3. The Hall–Kier alpha value is -2.71. The van der Waals surface area contributed by atoms with E-state index in [1.54, 1.807) is 6.92 Å². The molecule has 3 atom stereocenters. The number of amides is 5. The molecule has 3 unspecified atom stereocenters. The molecular weight excluding hydrogens is 352 g/mol. The first-order chi connectivity index (χ1) is 12.3. The summed E-state index contributed by atoms with van der Waals surface area (Å²) in [6.07, 6.45) is 2.17. The zero-order chi connectivity index (χ0) is 20.9. The van der Waals surface area contributed by atoms with Crippen LogP contribution in [0.1, 0.15) is 41.5 Å². The smallest absolute Gasteiger partial charge is 0.254 e. The molecule has 0 aromatic rings. The van der Waals surface area contributed by atoms with Crippen molar-refractivity contribution in [2.45, 2.75) is 59.7 Å². The Kier molecular flexibility index (Phi) is 7.27. The van der Waals surface area contributed by atoms with Crippen LogP contribution < -0.4 is 16.0 Å². The first-order valence-electron chi connectivity index (χ1n) is 8.77. The molecule has 0 saturated carbocycles. The number of carbonyl (C=O) groups excluding carboxylic acids is 5. The maximum absolute atomic E-state index is 12.2. The van der Waals surface area contributed by atoms with E-state index in [-0.39, 0.29) is 11.3 Å². The van der Waals surface area contributed by atoms with Gasteiger partial charge in [0.2, 0.25) is 17.7 Å². The molecule has 0 spiro atoms. The van der Waals surface area contributed by atoms with Gasteiger partial charge < -0.3 is 16.0 Å². The summed E-state index contributed by atoms with van der Waals surface area (Å²) in [7, 11) is 0. The van der Waals surface area contributed by atoms with Gasteiger partial charge >= 0.3 is 0 Å². The van der Waals surface area contributed by atoms with E-state index in [0.29, 0.717) is 6.54 Å². The summed E-state index contributed by atoms with van der Waals surface area (Å²) in [6, 6.07) is -2.77. The SMILES string of the molecule is CC(NC(=O)C(C)NC(=O)C(C)N1C(=O)C=CC1=O)C(=O)NCC(C)(C)C. The molecule has 1 heterocycles. The van der Waals surface area contributed by atoms with Crippen LogP contribution in [0.15, 0.2) is 12.2 Å². The minimum absolute atomic E-state index is 0.0872. The van der Waals surface area contributed by atoms with Gasteiger partial charge in [-0.3, -0.25) is 28.9 Å². The number of hydrogen-bond acceptors (Lipinski definition) is 5. The van der Waals surface area contributed by atoms with Gasteiger partial charge in [-0.1, -0.05) is 20.8 Å². The Morgan fingerprint density at radius 1 is 0.889 bits per heavy atom. The fourth-order valence-corrected chi connectivity index (χ4v) is 2.22. The number of imide groups is 1. The highest BCUT2D eigenvalue weighted by Gasteiger charge is 2.33. The second kappa shape index (κ2) is 8.79. The summed E-state index contributed by atoms with van der Waals surface area (Å²) in [5, 5.41) is 7.71. The Labute approximate surface area is 158 Å². The number of carbonyl (C=O) groups is 5. The highest BCUT2D eigenvalue weighted by Crippen LogP contribution is 2.10. The summed E-state index contributed by atoms with van der Waals surface area (Å²) < 4.78 is 0. The van der Waals surface area contributed by atoms with E-state index >= 15 is 0 Å². The first kappa shape index (κ1) is 22.3. The van der Waals surface area contributed by atoms with Crippen molar-refractivity contribution < 1.29 is 24.0 Å². The van der Waals surface area contributed by atoms with Gasteiger partial charge in [-0.2, -0.15) is 0 Å². The number of nitrogens with zero attached hydrogens (tertiary/aromatic N) is 1. The van der Waals surface area contributed by atoms with E-state index in [2.05, 4.69) is 16.0 Å². The van der Waals surface area contributed by atoms with Gasteiger partial charge in [-0.25, -0.2) is 0 Å². The molecule has 0 aromatic heterocycles. The normalized spacial score (nSPS) is 17.3. The molecule has 0 bridgehead atoms. The molecule has 0 aliphatic carbocycles. The zero-order valence-electron chi connectivity index (χ0n) is 16.6. The highest BCUT2D eigenvalue weighted by molar-refractivity contribution is 6.15. The number of rotatable bonds is 7. The minimum atomic E-state index is -1.05. The van der Waals surface area contributed by atoms with Crippen molar-refractivity contribution in [3.63, 3.8) is 0 Å². The zero-order valence-corrected chi connectivity index (χ0v) is 16.6. The van der Waals surface area contributed by atoms with Crippen molar-refractivity contribution in [3.8, 4) is 0 Å². The predicted molar refractivity (Wildman–Crippen MR) is 98.1 cm³/mol. The minimum Gasteiger partial charge on any atom is -0.354 e. The van der Waals surface area contributed by atoms with Crippen LogP contribution in [0.4, 0.5) is 0 Å². The first-order valence-corrected chi connectivity index (χ1v) is 8.77. The average molecular weight is 380 g/mol. The highest BCUT2D eigenvalue weighted by atomic mass is 16.2. The largest absolute Gasteiger partial charge is 0.354 e. The predicted octanol–water partition coefficient (Wildman–Crippen LogP) is -0.528. The maximum atomic E-state index is 12.2. The Balaban J connectivity index is 2.53. The van der Waals surface area contributed by atoms with Crippen LogP contribution in [0.5, 0.6) is 0 Å². The van der Waals surface area contributed by atoms with Gasteiger partial charge in [-0.15, -0.1) is 0 Å². The summed E-state index contributed by atoms with van der Waals surface area (Å²) in [5.74, 6) is -2.68. The van der Waals surface area contributed by atoms with E-state index in [4.69, 9.17) is 0 Å². The monoisotopic (exact) mass is 380 g/mol. The van der Waals surface area contributed by atoms with Crippen LogP contribution in [-0.2, 0) is 24.0 Å². The van der Waals surface area contributed by atoms with E-state index in [1.165, 1.54) is 13.8 Å². The molecule has 0 aromatic carbocycles. The Bertz CT molecular complexity index is 647. The van der Waals surface area contributed by atoms with Crippen LogP contribution >= 0.6 is 0 Å². The quantitative estimate of drug-likeness (QED) is 0.512. The summed E-state index contributed by atoms with van der Waals surface area (Å²) in [5.41, 5.74) is -0.0872. The third-order valence-electron chi connectivity index (χ3n) is 3.91. The van der Waals surface area contributed by atoms with E-state index in [1.807, 2.05) is 20.8 Å². The lowest BCUT2D eigenvalue weighted by Crippen LogP contribution is -2.55. The molecule has 0 saturated heterocycles. The molecule has 9 heteroatoms. The van der Waals surface area contributed by atoms with Crippen molar-refractivity contribution in [2.75, 3.05) is 6.54 Å². The molecule has 0 fully saturated rings. The van der Waals surface area contributed by atoms with Crippen LogP contribution in [0.25, 0.3) is 0 Å². The fourth-order valence-electron chi connectivity index (χ4n) is 2.22. The lowest BCUT2D eigenvalue weighted by atomic mass is 9.97. The summed E-state index contributed by atoms with van der Waals surface area (Å²) >= 11 is 0. The molecule has 5 amide bonds. The fraction of sp³-hybridized carbons (Fsp3) is 0.611. The van der Waals surface area contributed by atoms with Gasteiger partial charge in [-0.05, 0) is 26.2 Å². The lowest BCUT2D eigenvalue weighted by molar-refractivity contribution is -0.145. The number of hydrogen-bond donors (Lipinski definition) is 3. The molecule has 3 N–H and O–H groups in total. The van der Waals surface area contributed by atoms with E-state index < -0.39 is 41.8 Å². The summed E-state index contributed by atoms with van der Waals surface area (Å²) in [6.45, 7) is 10.8. The molecule has 9 nitrogen and oxygen atoms in total. The molecule has 150 valence electrons. The Morgan fingerprint density at radius 3 is 1.81 bits per heavy atom. The maximum Gasteiger partial charge on any atom is 0.254 e. The second-order valence-electron chi connectivity index (χ2n) is 7.79.